The first-order valence-electron chi connectivity index (χ1n) is 6.40. The molecule has 1 aromatic heterocycles. The molecule has 0 spiro atoms. The lowest BCUT2D eigenvalue weighted by Crippen LogP contribution is -2.43. The molecule has 2 heterocycles. The quantitative estimate of drug-likeness (QED) is 0.897. The molecule has 17 heavy (non-hydrogen) atoms. The van der Waals surface area contributed by atoms with Crippen LogP contribution in [0, 0.1) is 0 Å². The number of hydrogen-bond donors (Lipinski definition) is 1. The van der Waals surface area contributed by atoms with E-state index in [0.717, 1.165) is 32.4 Å². The molecule has 1 unspecified atom stereocenters. The summed E-state index contributed by atoms with van der Waals surface area (Å²) >= 11 is 1.82. The van der Waals surface area contributed by atoms with Gasteiger partial charge in [-0.05, 0) is 33.1 Å². The Morgan fingerprint density at radius 3 is 3.06 bits per heavy atom. The van der Waals surface area contributed by atoms with Gasteiger partial charge in [0.25, 0.3) is 0 Å². The van der Waals surface area contributed by atoms with Crippen LogP contribution in [0.3, 0.4) is 0 Å². The van der Waals surface area contributed by atoms with Crippen molar-refractivity contribution in [2.75, 3.05) is 6.61 Å². The van der Waals surface area contributed by atoms with Gasteiger partial charge in [0, 0.05) is 30.3 Å². The number of thiazole rings is 1. The predicted octanol–water partition coefficient (Wildman–Crippen LogP) is 2.75. The average Bonchev–Trinajstić information content (AvgIpc) is 2.73. The van der Waals surface area contributed by atoms with E-state index in [2.05, 4.69) is 31.1 Å². The topological polar surface area (TPSA) is 34.2 Å². The Kier molecular flexibility index (Phi) is 4.17. The van der Waals surface area contributed by atoms with Crippen molar-refractivity contribution in [2.24, 2.45) is 0 Å². The first-order valence-corrected chi connectivity index (χ1v) is 7.21. The Labute approximate surface area is 108 Å². The van der Waals surface area contributed by atoms with Crippen molar-refractivity contribution >= 4 is 11.3 Å². The first kappa shape index (κ1) is 13.0. The lowest BCUT2D eigenvalue weighted by molar-refractivity contribution is -0.0630. The third-order valence-corrected chi connectivity index (χ3v) is 4.33. The molecular formula is C13H22N2OS. The summed E-state index contributed by atoms with van der Waals surface area (Å²) in [7, 11) is 0. The zero-order chi connectivity index (χ0) is 12.3. The highest BCUT2D eigenvalue weighted by molar-refractivity contribution is 7.11. The van der Waals surface area contributed by atoms with Crippen molar-refractivity contribution in [3.8, 4) is 0 Å². The minimum atomic E-state index is 0.0212. The molecule has 1 N–H and O–H groups in total. The second-order valence-electron chi connectivity index (χ2n) is 5.25. The van der Waals surface area contributed by atoms with Gasteiger partial charge in [-0.2, -0.15) is 0 Å². The second-order valence-corrected chi connectivity index (χ2v) is 6.45. The molecule has 1 saturated heterocycles. The van der Waals surface area contributed by atoms with Crippen molar-refractivity contribution in [3.63, 3.8) is 0 Å². The van der Waals surface area contributed by atoms with E-state index in [4.69, 9.17) is 4.74 Å². The number of nitrogens with zero attached hydrogens (tertiary/aromatic N) is 1. The van der Waals surface area contributed by atoms with E-state index in [9.17, 15) is 0 Å². The van der Waals surface area contributed by atoms with E-state index in [0.29, 0.717) is 6.04 Å². The van der Waals surface area contributed by atoms with Crippen LogP contribution in [0.4, 0.5) is 0 Å². The molecule has 0 bridgehead atoms. The van der Waals surface area contributed by atoms with Gasteiger partial charge in [-0.25, -0.2) is 4.98 Å². The Bertz CT molecular complexity index is 362. The molecule has 4 heteroatoms. The summed E-state index contributed by atoms with van der Waals surface area (Å²) in [5.41, 5.74) is 0.0212. The Morgan fingerprint density at radius 2 is 2.41 bits per heavy atom. The van der Waals surface area contributed by atoms with E-state index >= 15 is 0 Å². The van der Waals surface area contributed by atoms with Crippen molar-refractivity contribution in [3.05, 3.63) is 16.1 Å². The van der Waals surface area contributed by atoms with Gasteiger partial charge in [0.05, 0.1) is 5.60 Å². The highest BCUT2D eigenvalue weighted by Crippen LogP contribution is 2.24. The van der Waals surface area contributed by atoms with Crippen molar-refractivity contribution in [2.45, 2.75) is 58.2 Å². The zero-order valence-electron chi connectivity index (χ0n) is 11.0. The first-order chi connectivity index (χ1) is 8.09. The monoisotopic (exact) mass is 254 g/mol. The van der Waals surface area contributed by atoms with E-state index in [1.54, 1.807) is 0 Å². The fourth-order valence-electron chi connectivity index (χ4n) is 2.23. The highest BCUT2D eigenvalue weighted by atomic mass is 32.1. The van der Waals surface area contributed by atoms with Gasteiger partial charge in [-0.15, -0.1) is 11.3 Å². The fraction of sp³-hybridized carbons (Fsp3) is 0.769. The Morgan fingerprint density at radius 1 is 1.59 bits per heavy atom. The summed E-state index contributed by atoms with van der Waals surface area (Å²) in [5.74, 6) is 0. The minimum absolute atomic E-state index is 0.0212. The molecule has 1 aliphatic rings. The van der Waals surface area contributed by atoms with Gasteiger partial charge in [0.15, 0.2) is 0 Å². The molecule has 1 aliphatic heterocycles. The van der Waals surface area contributed by atoms with E-state index in [1.165, 1.54) is 9.88 Å². The summed E-state index contributed by atoms with van der Waals surface area (Å²) in [6.45, 7) is 8.26. The van der Waals surface area contributed by atoms with Crippen LogP contribution in [0.5, 0.6) is 0 Å². The molecule has 1 aromatic rings. The number of ether oxygens (including phenoxy) is 1. The van der Waals surface area contributed by atoms with Crippen molar-refractivity contribution < 1.29 is 4.74 Å². The maximum Gasteiger partial charge on any atom is 0.107 e. The van der Waals surface area contributed by atoms with Gasteiger partial charge in [0.2, 0.25) is 0 Å². The lowest BCUT2D eigenvalue weighted by atomic mass is 9.94. The molecule has 0 amide bonds. The average molecular weight is 254 g/mol. The van der Waals surface area contributed by atoms with Gasteiger partial charge in [-0.1, -0.05) is 6.92 Å². The molecule has 1 fully saturated rings. The van der Waals surface area contributed by atoms with Crippen LogP contribution in [0.1, 0.15) is 43.5 Å². The maximum absolute atomic E-state index is 5.72. The summed E-state index contributed by atoms with van der Waals surface area (Å²) in [6, 6.07) is 0.563. The van der Waals surface area contributed by atoms with E-state index in [-0.39, 0.29) is 5.60 Å². The number of rotatable bonds is 4. The van der Waals surface area contributed by atoms with Crippen LogP contribution in [-0.2, 0) is 17.7 Å². The van der Waals surface area contributed by atoms with Crippen LogP contribution in [0.2, 0.25) is 0 Å². The van der Waals surface area contributed by atoms with E-state index in [1.807, 2.05) is 17.5 Å². The van der Waals surface area contributed by atoms with Crippen LogP contribution in [0.25, 0.3) is 0 Å². The van der Waals surface area contributed by atoms with Crippen LogP contribution in [0.15, 0.2) is 6.20 Å². The molecule has 96 valence electrons. The smallest absolute Gasteiger partial charge is 0.107 e. The Hall–Kier alpha value is -0.450. The second kappa shape index (κ2) is 5.46. The van der Waals surface area contributed by atoms with Gasteiger partial charge >= 0.3 is 0 Å². The summed E-state index contributed by atoms with van der Waals surface area (Å²) in [4.78, 5) is 5.80. The number of aromatic nitrogens is 1. The lowest BCUT2D eigenvalue weighted by Gasteiger charge is -2.35. The molecule has 2 rings (SSSR count). The molecule has 0 saturated carbocycles. The maximum atomic E-state index is 5.72. The van der Waals surface area contributed by atoms with Crippen molar-refractivity contribution in [1.29, 1.82) is 0 Å². The normalized spacial score (nSPS) is 23.8. The standard InChI is InChI=1S/C13H22N2OS/c1-4-11-8-15-12(17-11)9-14-10-5-6-16-13(2,3)7-10/h8,10,14H,4-7,9H2,1-3H3. The number of nitrogens with one attached hydrogen (secondary N) is 1. The van der Waals surface area contributed by atoms with Crippen LogP contribution >= 0.6 is 11.3 Å². The number of aryl methyl sites for hydroxylation is 1. The van der Waals surface area contributed by atoms with Crippen LogP contribution < -0.4 is 5.32 Å². The molecule has 0 aromatic carbocycles. The highest BCUT2D eigenvalue weighted by Gasteiger charge is 2.28. The van der Waals surface area contributed by atoms with Crippen molar-refractivity contribution in [1.82, 2.24) is 10.3 Å². The summed E-state index contributed by atoms with van der Waals surface area (Å²) in [5, 5.41) is 4.80. The Balaban J connectivity index is 1.81. The van der Waals surface area contributed by atoms with Crippen LogP contribution in [-0.4, -0.2) is 23.2 Å². The molecule has 0 aliphatic carbocycles. The number of hydrogen-bond acceptors (Lipinski definition) is 4. The van der Waals surface area contributed by atoms with Gasteiger partial charge < -0.3 is 10.1 Å². The zero-order valence-corrected chi connectivity index (χ0v) is 11.8. The molecule has 0 radical (unpaired) electrons. The molecular weight excluding hydrogens is 232 g/mol. The third-order valence-electron chi connectivity index (χ3n) is 3.19. The third kappa shape index (κ3) is 3.76. The fourth-order valence-corrected chi connectivity index (χ4v) is 3.04. The SMILES string of the molecule is CCc1cnc(CNC2CCOC(C)(C)C2)s1. The minimum Gasteiger partial charge on any atom is -0.375 e. The summed E-state index contributed by atoms with van der Waals surface area (Å²) in [6.07, 6.45) is 5.27. The largest absolute Gasteiger partial charge is 0.375 e. The summed E-state index contributed by atoms with van der Waals surface area (Å²) < 4.78 is 5.72. The van der Waals surface area contributed by atoms with E-state index < -0.39 is 0 Å². The molecule has 3 nitrogen and oxygen atoms in total. The van der Waals surface area contributed by atoms with Gasteiger partial charge in [0.1, 0.15) is 5.01 Å². The molecule has 1 atom stereocenters. The predicted molar refractivity (Wildman–Crippen MR) is 71.4 cm³/mol. The van der Waals surface area contributed by atoms with Gasteiger partial charge in [-0.3, -0.25) is 0 Å².